The van der Waals surface area contributed by atoms with Crippen LogP contribution in [0, 0.1) is 35.1 Å². The normalized spacial score (nSPS) is 9.49. The average molecular weight is 682 g/mol. The first-order chi connectivity index (χ1) is 22.0. The number of carboxylic acid groups (broad SMARTS) is 1. The van der Waals surface area contributed by atoms with Crippen molar-refractivity contribution in [3.8, 4) is 0 Å². The predicted molar refractivity (Wildman–Crippen MR) is 184 cm³/mol. The molecule has 0 unspecified atom stereocenters. The van der Waals surface area contributed by atoms with Crippen molar-refractivity contribution in [1.82, 2.24) is 0 Å². The molecule has 256 valence electrons. The topological polar surface area (TPSA) is 170 Å². The molecule has 4 aromatic rings. The Kier molecular flexibility index (Phi) is 19.9. The molecule has 0 bridgehead atoms. The number of hydrogen-bond donors (Lipinski definition) is 3. The van der Waals surface area contributed by atoms with Crippen molar-refractivity contribution in [3.63, 3.8) is 0 Å². The third kappa shape index (κ3) is 14.1. The molecule has 0 radical (unpaired) electrons. The molecule has 0 aliphatic rings. The van der Waals surface area contributed by atoms with Gasteiger partial charge in [0.1, 0.15) is 13.2 Å². The molecular weight excluding hydrogens is 639 g/mol. The SMILES string of the molecule is CCOC(=O)c1c(C)cc(C)cc1NC(=O)OCc1ccccc1.Cc1cc(C)c(C(=O)O)c(NC(=O)OCc2ccccc2)c1.[CH3-].[Na+].[OH-]. The van der Waals surface area contributed by atoms with E-state index in [-0.39, 0.29) is 73.5 Å². The van der Waals surface area contributed by atoms with Crippen LogP contribution in [0.2, 0.25) is 0 Å². The van der Waals surface area contributed by atoms with Crippen LogP contribution in [-0.4, -0.2) is 41.3 Å². The minimum atomic E-state index is -1.09. The molecule has 49 heavy (non-hydrogen) atoms. The Labute approximate surface area is 309 Å². The zero-order chi connectivity index (χ0) is 33.6. The fourth-order valence-corrected chi connectivity index (χ4v) is 4.63. The van der Waals surface area contributed by atoms with Gasteiger partial charge in [-0.3, -0.25) is 10.6 Å². The van der Waals surface area contributed by atoms with Crippen molar-refractivity contribution < 1.29 is 73.5 Å². The van der Waals surface area contributed by atoms with Gasteiger partial charge in [0.25, 0.3) is 0 Å². The number of ether oxygens (including phenoxy) is 3. The van der Waals surface area contributed by atoms with E-state index in [2.05, 4.69) is 10.6 Å². The van der Waals surface area contributed by atoms with Crippen molar-refractivity contribution in [2.24, 2.45) is 0 Å². The van der Waals surface area contributed by atoms with Gasteiger partial charge in [-0.1, -0.05) is 72.8 Å². The standard InChI is InChI=1S/C19H21NO4.C17H17NO4.CH3.Na.H2O/c1-4-23-18(21)17-14(3)10-13(2)11-16(17)20-19(22)24-12-15-8-6-5-7-9-15;1-11-8-12(2)15(16(19)20)14(9-11)18-17(21)22-10-13-6-4-3-5-7-13;;;/h5-11H,4,12H2,1-3H3,(H,20,22);3-9H,10H2,1-2H3,(H,18,21)(H,19,20);1H3;;1H2/q;;-1;+1;/p-1. The van der Waals surface area contributed by atoms with E-state index in [9.17, 15) is 24.3 Å². The summed E-state index contributed by atoms with van der Waals surface area (Å²) < 4.78 is 15.4. The van der Waals surface area contributed by atoms with Gasteiger partial charge in [0.05, 0.1) is 29.1 Å². The van der Waals surface area contributed by atoms with Gasteiger partial charge in [-0.25, -0.2) is 19.2 Å². The first-order valence-electron chi connectivity index (χ1n) is 14.6. The number of aryl methyl sites for hydroxylation is 4. The number of carboxylic acids is 1. The number of benzene rings is 4. The Morgan fingerprint density at radius 3 is 1.41 bits per heavy atom. The monoisotopic (exact) mass is 681 g/mol. The van der Waals surface area contributed by atoms with Crippen LogP contribution in [0.15, 0.2) is 84.9 Å². The van der Waals surface area contributed by atoms with Crippen molar-refractivity contribution in [2.45, 2.75) is 47.8 Å². The predicted octanol–water partition coefficient (Wildman–Crippen LogP) is 5.26. The minimum absolute atomic E-state index is 0. The Balaban J connectivity index is 0.000000889. The van der Waals surface area contributed by atoms with Gasteiger partial charge in [-0.2, -0.15) is 0 Å². The van der Waals surface area contributed by atoms with Gasteiger partial charge >= 0.3 is 53.7 Å². The molecule has 0 heterocycles. The fourth-order valence-electron chi connectivity index (χ4n) is 4.63. The van der Waals surface area contributed by atoms with Crippen LogP contribution in [0.4, 0.5) is 21.0 Å². The van der Waals surface area contributed by atoms with Crippen LogP contribution in [0.1, 0.15) is 61.0 Å². The second kappa shape index (κ2) is 22.0. The van der Waals surface area contributed by atoms with Crippen LogP contribution in [0.25, 0.3) is 0 Å². The quantitative estimate of drug-likeness (QED) is 0.0923. The van der Waals surface area contributed by atoms with Crippen LogP contribution < -0.4 is 40.2 Å². The van der Waals surface area contributed by atoms with Crippen LogP contribution >= 0.6 is 0 Å². The first kappa shape index (κ1) is 44.3. The number of carbonyl (C=O) groups excluding carboxylic acids is 3. The number of amides is 2. The number of anilines is 2. The summed E-state index contributed by atoms with van der Waals surface area (Å²) in [7, 11) is 0. The van der Waals surface area contributed by atoms with Gasteiger partial charge in [0, 0.05) is 0 Å². The summed E-state index contributed by atoms with van der Waals surface area (Å²) in [6.45, 7) is 9.51. The van der Waals surface area contributed by atoms with Gasteiger partial charge in [0.15, 0.2) is 0 Å². The zero-order valence-electron chi connectivity index (χ0n) is 29.0. The maximum Gasteiger partial charge on any atom is 1.00 e. The molecule has 4 aromatic carbocycles. The molecule has 4 rings (SSSR count). The summed E-state index contributed by atoms with van der Waals surface area (Å²) in [5.74, 6) is -1.55. The molecule has 0 fully saturated rings. The van der Waals surface area contributed by atoms with Crippen LogP contribution in [-0.2, 0) is 27.4 Å². The molecule has 0 atom stereocenters. The van der Waals surface area contributed by atoms with E-state index in [1.54, 1.807) is 39.0 Å². The summed E-state index contributed by atoms with van der Waals surface area (Å²) in [6.07, 6.45) is -1.30. The van der Waals surface area contributed by atoms with E-state index in [4.69, 9.17) is 14.2 Å². The molecular formula is C37H42N2NaO9-. The van der Waals surface area contributed by atoms with Crippen molar-refractivity contribution in [1.29, 1.82) is 0 Å². The van der Waals surface area contributed by atoms with E-state index < -0.39 is 24.1 Å². The number of esters is 1. The molecule has 0 aromatic heterocycles. The Hall–Kier alpha value is -4.68. The molecule has 12 heteroatoms. The maximum absolute atomic E-state index is 12.1. The summed E-state index contributed by atoms with van der Waals surface area (Å²) in [4.78, 5) is 47.4. The Morgan fingerprint density at radius 2 is 1.02 bits per heavy atom. The number of carbonyl (C=O) groups is 4. The van der Waals surface area contributed by atoms with E-state index in [1.807, 2.05) is 80.6 Å². The second-order valence-corrected chi connectivity index (χ2v) is 10.4. The van der Waals surface area contributed by atoms with Gasteiger partial charge in [-0.15, -0.1) is 0 Å². The first-order valence-corrected chi connectivity index (χ1v) is 14.6. The number of aromatic carboxylic acids is 1. The van der Waals surface area contributed by atoms with Gasteiger partial charge in [-0.05, 0) is 80.1 Å². The Morgan fingerprint density at radius 1 is 0.633 bits per heavy atom. The zero-order valence-corrected chi connectivity index (χ0v) is 31.0. The van der Waals surface area contributed by atoms with E-state index in [0.717, 1.165) is 27.8 Å². The molecule has 0 saturated carbocycles. The smallest absolute Gasteiger partial charge is 0.870 e. The van der Waals surface area contributed by atoms with E-state index >= 15 is 0 Å². The maximum atomic E-state index is 12.1. The number of rotatable bonds is 9. The van der Waals surface area contributed by atoms with Crippen molar-refractivity contribution >= 4 is 35.5 Å². The summed E-state index contributed by atoms with van der Waals surface area (Å²) in [6, 6.07) is 25.6. The molecule has 4 N–H and O–H groups in total. The summed E-state index contributed by atoms with van der Waals surface area (Å²) in [5, 5.41) is 14.4. The largest absolute Gasteiger partial charge is 1.00 e. The van der Waals surface area contributed by atoms with Crippen molar-refractivity contribution in [3.05, 3.63) is 137 Å². The fraction of sp³-hybridized carbons (Fsp3) is 0.216. The second-order valence-electron chi connectivity index (χ2n) is 10.4. The third-order valence-electron chi connectivity index (χ3n) is 6.55. The molecule has 11 nitrogen and oxygen atoms in total. The van der Waals surface area contributed by atoms with Gasteiger partial charge < -0.3 is 32.2 Å². The van der Waals surface area contributed by atoms with Crippen molar-refractivity contribution in [2.75, 3.05) is 17.2 Å². The molecule has 0 aliphatic carbocycles. The molecule has 0 saturated heterocycles. The number of hydrogen-bond acceptors (Lipinski definition) is 8. The Bertz CT molecular complexity index is 1680. The van der Waals surface area contributed by atoms with Crippen LogP contribution in [0.5, 0.6) is 0 Å². The third-order valence-corrected chi connectivity index (χ3v) is 6.55. The van der Waals surface area contributed by atoms with E-state index in [0.29, 0.717) is 16.8 Å². The number of nitrogens with one attached hydrogen (secondary N) is 2. The molecule has 2 amide bonds. The van der Waals surface area contributed by atoms with E-state index in [1.165, 1.54) is 0 Å². The summed E-state index contributed by atoms with van der Waals surface area (Å²) >= 11 is 0. The van der Waals surface area contributed by atoms with Gasteiger partial charge in [0.2, 0.25) is 0 Å². The van der Waals surface area contributed by atoms with Crippen LogP contribution in [0.3, 0.4) is 0 Å². The molecule has 0 spiro atoms. The minimum Gasteiger partial charge on any atom is -0.870 e. The average Bonchev–Trinajstić information content (AvgIpc) is 2.99. The molecule has 0 aliphatic heterocycles. The summed E-state index contributed by atoms with van der Waals surface area (Å²) in [5.41, 5.74) is 5.92.